The molecule has 0 saturated carbocycles. The summed E-state index contributed by atoms with van der Waals surface area (Å²) in [6.07, 6.45) is 1.05. The highest BCUT2D eigenvalue weighted by Gasteiger charge is 2.62. The third-order valence-corrected chi connectivity index (χ3v) is 6.46. The lowest BCUT2D eigenvalue weighted by molar-refractivity contribution is -0.178. The summed E-state index contributed by atoms with van der Waals surface area (Å²) in [5.41, 5.74) is -1.40. The second-order valence-corrected chi connectivity index (χ2v) is 8.77. The van der Waals surface area contributed by atoms with Crippen LogP contribution in [0.2, 0.25) is 10.0 Å². The predicted molar refractivity (Wildman–Crippen MR) is 113 cm³/mol. The number of aromatic nitrogens is 2. The second-order valence-electron chi connectivity index (χ2n) is 7.96. The molecule has 0 aliphatic heterocycles. The van der Waals surface area contributed by atoms with Crippen LogP contribution in [0.15, 0.2) is 18.2 Å². The highest BCUT2D eigenvalue weighted by Crippen LogP contribution is 2.46. The van der Waals surface area contributed by atoms with Gasteiger partial charge in [0, 0.05) is 24.1 Å². The van der Waals surface area contributed by atoms with Gasteiger partial charge in [-0.1, -0.05) is 43.1 Å². The van der Waals surface area contributed by atoms with Crippen LogP contribution in [0.3, 0.4) is 0 Å². The molecule has 0 saturated heterocycles. The molecule has 1 aliphatic rings. The lowest BCUT2D eigenvalue weighted by Crippen LogP contribution is -2.52. The zero-order chi connectivity index (χ0) is 23.1. The van der Waals surface area contributed by atoms with Crippen LogP contribution in [0.4, 0.5) is 0 Å². The molecule has 0 amide bonds. The van der Waals surface area contributed by atoms with Crippen molar-refractivity contribution in [3.8, 4) is 0 Å². The summed E-state index contributed by atoms with van der Waals surface area (Å²) >= 11 is 12.1. The van der Waals surface area contributed by atoms with Crippen LogP contribution < -0.4 is 0 Å². The maximum atomic E-state index is 12.1. The molecule has 0 fully saturated rings. The van der Waals surface area contributed by atoms with E-state index in [2.05, 4.69) is 4.98 Å². The SMILES string of the molecule is CC(C)c1nc2c(n1Cc1ccc(Cl)c(Cl)c1)C(C(C(=O)O)(C(=O)O)C(=O)O)CCC2. The summed E-state index contributed by atoms with van der Waals surface area (Å²) in [5.74, 6) is -6.44. The highest BCUT2D eigenvalue weighted by atomic mass is 35.5. The Labute approximate surface area is 188 Å². The van der Waals surface area contributed by atoms with Crippen molar-refractivity contribution >= 4 is 41.1 Å². The fraction of sp³-hybridized carbons (Fsp3) is 0.429. The average molecular weight is 469 g/mol. The van der Waals surface area contributed by atoms with Crippen molar-refractivity contribution in [1.82, 2.24) is 9.55 Å². The normalized spacial score (nSPS) is 16.2. The number of hydrogen-bond donors (Lipinski definition) is 3. The van der Waals surface area contributed by atoms with E-state index in [1.165, 1.54) is 0 Å². The summed E-state index contributed by atoms with van der Waals surface area (Å²) in [7, 11) is 0. The van der Waals surface area contributed by atoms with Gasteiger partial charge >= 0.3 is 17.9 Å². The standard InChI is InChI=1S/C21H22Cl2N2O6/c1-10(2)17-24-15-5-3-4-12(21(18(26)27,19(28)29)20(30)31)16(15)25(17)9-11-6-7-13(22)14(23)8-11/h6-8,10,12H,3-5,9H2,1-2H3,(H,26,27)(H,28,29)(H,30,31). The monoisotopic (exact) mass is 468 g/mol. The highest BCUT2D eigenvalue weighted by molar-refractivity contribution is 6.42. The van der Waals surface area contributed by atoms with E-state index in [1.54, 1.807) is 22.8 Å². The zero-order valence-corrected chi connectivity index (χ0v) is 18.4. The number of benzene rings is 1. The maximum absolute atomic E-state index is 12.1. The lowest BCUT2D eigenvalue weighted by atomic mass is 9.68. The van der Waals surface area contributed by atoms with E-state index in [0.717, 1.165) is 5.56 Å². The van der Waals surface area contributed by atoms with Gasteiger partial charge < -0.3 is 19.9 Å². The smallest absolute Gasteiger partial charge is 0.333 e. The van der Waals surface area contributed by atoms with Gasteiger partial charge in [0.15, 0.2) is 0 Å². The van der Waals surface area contributed by atoms with Gasteiger partial charge in [0.05, 0.1) is 15.7 Å². The molecule has 0 spiro atoms. The number of fused-ring (bicyclic) bond motifs is 1. The van der Waals surface area contributed by atoms with Crippen molar-refractivity contribution in [3.05, 3.63) is 51.0 Å². The van der Waals surface area contributed by atoms with E-state index in [-0.39, 0.29) is 18.9 Å². The molecule has 166 valence electrons. The summed E-state index contributed by atoms with van der Waals surface area (Å²) in [4.78, 5) is 40.9. The number of halogens is 2. The summed E-state index contributed by atoms with van der Waals surface area (Å²) < 4.78 is 1.74. The Balaban J connectivity index is 2.26. The van der Waals surface area contributed by atoms with Gasteiger partial charge in [0.25, 0.3) is 5.41 Å². The Hall–Kier alpha value is -2.58. The molecule has 1 atom stereocenters. The van der Waals surface area contributed by atoms with E-state index in [4.69, 9.17) is 23.2 Å². The van der Waals surface area contributed by atoms with Crippen LogP contribution in [0, 0.1) is 5.41 Å². The third-order valence-electron chi connectivity index (χ3n) is 5.72. The summed E-state index contributed by atoms with van der Waals surface area (Å²) in [6, 6.07) is 5.05. The number of aryl methyl sites for hydroxylation is 1. The molecule has 0 radical (unpaired) electrons. The molecule has 1 aliphatic carbocycles. The fourth-order valence-corrected chi connectivity index (χ4v) is 4.61. The first kappa shape index (κ1) is 23.1. The van der Waals surface area contributed by atoms with Gasteiger partial charge in [-0.2, -0.15) is 0 Å². The predicted octanol–water partition coefficient (Wildman–Crippen LogP) is 4.02. The first-order valence-electron chi connectivity index (χ1n) is 9.75. The van der Waals surface area contributed by atoms with Gasteiger partial charge in [-0.05, 0) is 37.0 Å². The van der Waals surface area contributed by atoms with Crippen LogP contribution in [-0.4, -0.2) is 42.8 Å². The molecule has 2 aromatic rings. The van der Waals surface area contributed by atoms with Gasteiger partial charge in [0.1, 0.15) is 5.82 Å². The quantitative estimate of drug-likeness (QED) is 0.522. The van der Waals surface area contributed by atoms with Crippen LogP contribution >= 0.6 is 23.2 Å². The number of nitrogens with zero attached hydrogens (tertiary/aromatic N) is 2. The molecule has 1 aromatic heterocycles. The van der Waals surface area contributed by atoms with Crippen LogP contribution in [-0.2, 0) is 27.3 Å². The molecule has 3 N–H and O–H groups in total. The Morgan fingerprint density at radius 1 is 1.13 bits per heavy atom. The molecular weight excluding hydrogens is 447 g/mol. The van der Waals surface area contributed by atoms with Crippen molar-refractivity contribution in [2.24, 2.45) is 5.41 Å². The lowest BCUT2D eigenvalue weighted by Gasteiger charge is -2.33. The molecule has 0 bridgehead atoms. The van der Waals surface area contributed by atoms with Gasteiger partial charge in [-0.15, -0.1) is 0 Å². The van der Waals surface area contributed by atoms with Crippen molar-refractivity contribution in [3.63, 3.8) is 0 Å². The Bertz CT molecular complexity index is 1030. The minimum atomic E-state index is -3.02. The average Bonchev–Trinajstić information content (AvgIpc) is 3.04. The minimum absolute atomic E-state index is 0.0668. The first-order valence-corrected chi connectivity index (χ1v) is 10.5. The molecule has 1 unspecified atom stereocenters. The van der Waals surface area contributed by atoms with E-state index < -0.39 is 29.2 Å². The van der Waals surface area contributed by atoms with E-state index in [9.17, 15) is 29.7 Å². The Morgan fingerprint density at radius 2 is 1.74 bits per heavy atom. The largest absolute Gasteiger partial charge is 0.480 e. The molecule has 1 heterocycles. The number of carboxylic acid groups (broad SMARTS) is 3. The number of aliphatic carboxylic acids is 3. The topological polar surface area (TPSA) is 130 Å². The van der Waals surface area contributed by atoms with Crippen molar-refractivity contribution < 1.29 is 29.7 Å². The fourth-order valence-electron chi connectivity index (χ4n) is 4.29. The molecule has 1 aromatic carbocycles. The number of hydrogen-bond acceptors (Lipinski definition) is 4. The molecule has 3 rings (SSSR count). The van der Waals surface area contributed by atoms with E-state index in [0.29, 0.717) is 40.1 Å². The first-order chi connectivity index (χ1) is 14.5. The van der Waals surface area contributed by atoms with E-state index in [1.807, 2.05) is 13.8 Å². The third kappa shape index (κ3) is 3.78. The van der Waals surface area contributed by atoms with Crippen molar-refractivity contribution in [2.45, 2.75) is 51.5 Å². The maximum Gasteiger partial charge on any atom is 0.333 e. The molecule has 8 nitrogen and oxygen atoms in total. The van der Waals surface area contributed by atoms with E-state index >= 15 is 0 Å². The number of carboxylic acids is 3. The van der Waals surface area contributed by atoms with Crippen molar-refractivity contribution in [2.75, 3.05) is 0 Å². The van der Waals surface area contributed by atoms with Crippen LogP contribution in [0.5, 0.6) is 0 Å². The second kappa shape index (κ2) is 8.51. The van der Waals surface area contributed by atoms with Crippen molar-refractivity contribution in [1.29, 1.82) is 0 Å². The molecule has 31 heavy (non-hydrogen) atoms. The van der Waals surface area contributed by atoms with Crippen LogP contribution in [0.1, 0.15) is 61.3 Å². The summed E-state index contributed by atoms with van der Waals surface area (Å²) in [5, 5.41) is 30.1. The number of carbonyl (C=O) groups is 3. The number of rotatable bonds is 7. The van der Waals surface area contributed by atoms with Crippen LogP contribution in [0.25, 0.3) is 0 Å². The molecular formula is C21H22Cl2N2O6. The Kier molecular flexibility index (Phi) is 6.34. The zero-order valence-electron chi connectivity index (χ0n) is 16.9. The molecule has 10 heteroatoms. The van der Waals surface area contributed by atoms with Gasteiger partial charge in [-0.3, -0.25) is 14.4 Å². The van der Waals surface area contributed by atoms with Gasteiger partial charge in [-0.25, -0.2) is 4.98 Å². The summed E-state index contributed by atoms with van der Waals surface area (Å²) in [6.45, 7) is 4.04. The minimum Gasteiger partial charge on any atom is -0.480 e. The van der Waals surface area contributed by atoms with Gasteiger partial charge in [0.2, 0.25) is 0 Å². The number of imidazole rings is 1. The Morgan fingerprint density at radius 3 is 2.26 bits per heavy atom.